The SMILES string of the molecule is CCS[C@@H]1[C@H](O)[C@@H](/C=C/P(=O)(O)O)O[C@H]1n1ccc(=O)n(C(=O)c2ccccc2)c1=O. The molecule has 166 valence electrons. The van der Waals surface area contributed by atoms with Crippen LogP contribution in [0.15, 0.2) is 64.1 Å². The van der Waals surface area contributed by atoms with Crippen LogP contribution in [-0.4, -0.2) is 53.1 Å². The quantitative estimate of drug-likeness (QED) is 0.523. The maximum atomic E-state index is 13.1. The highest BCUT2D eigenvalue weighted by atomic mass is 32.2. The van der Waals surface area contributed by atoms with E-state index in [2.05, 4.69) is 0 Å². The Morgan fingerprint density at radius 3 is 2.52 bits per heavy atom. The predicted octanol–water partition coefficient (Wildman–Crippen LogP) is 0.770. The average molecular weight is 468 g/mol. The third kappa shape index (κ3) is 5.15. The third-order valence-corrected chi connectivity index (χ3v) is 6.38. The Morgan fingerprint density at radius 1 is 1.23 bits per heavy atom. The molecule has 0 bridgehead atoms. The van der Waals surface area contributed by atoms with E-state index in [0.29, 0.717) is 16.1 Å². The van der Waals surface area contributed by atoms with E-state index in [-0.39, 0.29) is 5.56 Å². The van der Waals surface area contributed by atoms with Crippen LogP contribution in [0.2, 0.25) is 0 Å². The van der Waals surface area contributed by atoms with Crippen LogP contribution < -0.4 is 11.2 Å². The number of nitrogens with zero attached hydrogens (tertiary/aromatic N) is 2. The summed E-state index contributed by atoms with van der Waals surface area (Å²) in [5.74, 6) is 0.370. The first-order valence-corrected chi connectivity index (χ1v) is 12.0. The Labute approximate surface area is 181 Å². The first-order valence-electron chi connectivity index (χ1n) is 9.27. The molecule has 12 heteroatoms. The Morgan fingerprint density at radius 2 is 1.90 bits per heavy atom. The van der Waals surface area contributed by atoms with Crippen LogP contribution in [-0.2, 0) is 9.30 Å². The van der Waals surface area contributed by atoms with E-state index < -0.39 is 48.4 Å². The summed E-state index contributed by atoms with van der Waals surface area (Å²) in [5.41, 5.74) is -1.61. The summed E-state index contributed by atoms with van der Waals surface area (Å²) in [6.07, 6.45) is -1.14. The number of carbonyl (C=O) groups is 1. The van der Waals surface area contributed by atoms with Crippen LogP contribution in [0.4, 0.5) is 0 Å². The Kier molecular flexibility index (Phi) is 7.15. The zero-order chi connectivity index (χ0) is 22.8. The molecule has 1 aromatic heterocycles. The van der Waals surface area contributed by atoms with E-state index in [9.17, 15) is 24.1 Å². The van der Waals surface area contributed by atoms with Crippen LogP contribution in [0.5, 0.6) is 0 Å². The Bertz CT molecular complexity index is 1140. The number of ether oxygens (including phenoxy) is 1. The zero-order valence-electron chi connectivity index (χ0n) is 16.3. The number of carbonyl (C=O) groups excluding carboxylic acids is 1. The zero-order valence-corrected chi connectivity index (χ0v) is 18.1. The van der Waals surface area contributed by atoms with Crippen molar-refractivity contribution in [2.24, 2.45) is 0 Å². The maximum Gasteiger partial charge on any atom is 0.348 e. The fraction of sp³-hybridized carbons (Fsp3) is 0.316. The number of thioether (sulfide) groups is 1. The molecule has 3 rings (SSSR count). The van der Waals surface area contributed by atoms with Crippen molar-refractivity contribution in [3.05, 3.63) is 80.9 Å². The highest BCUT2D eigenvalue weighted by Crippen LogP contribution is 2.40. The lowest BCUT2D eigenvalue weighted by atomic mass is 10.1. The number of rotatable bonds is 6. The molecule has 4 atom stereocenters. The second-order valence-corrected chi connectivity index (χ2v) is 9.61. The molecule has 3 N–H and O–H groups in total. The van der Waals surface area contributed by atoms with Crippen molar-refractivity contribution in [2.45, 2.75) is 30.6 Å². The molecule has 1 saturated heterocycles. The fourth-order valence-electron chi connectivity index (χ4n) is 3.21. The fourth-order valence-corrected chi connectivity index (χ4v) is 4.70. The summed E-state index contributed by atoms with van der Waals surface area (Å²) < 4.78 is 18.4. The van der Waals surface area contributed by atoms with Gasteiger partial charge < -0.3 is 19.6 Å². The van der Waals surface area contributed by atoms with Crippen molar-refractivity contribution in [3.8, 4) is 0 Å². The van der Waals surface area contributed by atoms with Crippen molar-refractivity contribution in [2.75, 3.05) is 5.75 Å². The summed E-state index contributed by atoms with van der Waals surface area (Å²) >= 11 is 1.28. The molecule has 0 radical (unpaired) electrons. The van der Waals surface area contributed by atoms with E-state index in [1.807, 2.05) is 6.92 Å². The summed E-state index contributed by atoms with van der Waals surface area (Å²) in [7, 11) is -4.48. The monoisotopic (exact) mass is 468 g/mol. The van der Waals surface area contributed by atoms with Crippen molar-refractivity contribution < 1.29 is 29.0 Å². The molecule has 10 nitrogen and oxygen atoms in total. The minimum absolute atomic E-state index is 0.147. The van der Waals surface area contributed by atoms with Crippen LogP contribution in [0.3, 0.4) is 0 Å². The first kappa shape index (κ1) is 23.4. The summed E-state index contributed by atoms with van der Waals surface area (Å²) in [5, 5.41) is 9.92. The lowest BCUT2D eigenvalue weighted by Crippen LogP contribution is -2.45. The molecule has 1 fully saturated rings. The lowest BCUT2D eigenvalue weighted by Gasteiger charge is -2.21. The van der Waals surface area contributed by atoms with Gasteiger partial charge in [0.1, 0.15) is 12.2 Å². The van der Waals surface area contributed by atoms with Gasteiger partial charge in [-0.2, -0.15) is 16.3 Å². The Hall–Kier alpha value is -2.27. The van der Waals surface area contributed by atoms with E-state index >= 15 is 0 Å². The molecule has 1 aromatic carbocycles. The van der Waals surface area contributed by atoms with Gasteiger partial charge in [0.05, 0.1) is 5.25 Å². The molecule has 0 amide bonds. The normalized spacial score (nSPS) is 24.0. The van der Waals surface area contributed by atoms with Crippen molar-refractivity contribution in [1.29, 1.82) is 0 Å². The van der Waals surface area contributed by atoms with Crippen LogP contribution >= 0.6 is 19.4 Å². The largest absolute Gasteiger partial charge is 0.389 e. The van der Waals surface area contributed by atoms with Crippen LogP contribution in [0.25, 0.3) is 0 Å². The standard InChI is InChI=1S/C19H21N2O8PS/c1-2-31-16-15(23)13(9-11-30(26,27)28)29-18(16)20-10-8-14(22)21(19(20)25)17(24)12-6-4-3-5-7-12/h3-11,13,15-16,18,23H,2H2,1H3,(H2,26,27,28)/b11-9+/t13-,15-,16-,18-/m1/s1. The van der Waals surface area contributed by atoms with Gasteiger partial charge in [0, 0.05) is 23.6 Å². The summed E-state index contributed by atoms with van der Waals surface area (Å²) in [6.45, 7) is 1.83. The highest BCUT2D eigenvalue weighted by molar-refractivity contribution is 7.99. The number of aromatic nitrogens is 2. The van der Waals surface area contributed by atoms with Crippen molar-refractivity contribution in [1.82, 2.24) is 9.13 Å². The van der Waals surface area contributed by atoms with Gasteiger partial charge in [-0.25, -0.2) is 4.79 Å². The van der Waals surface area contributed by atoms with Crippen LogP contribution in [0.1, 0.15) is 23.5 Å². The average Bonchev–Trinajstić information content (AvgIpc) is 3.02. The van der Waals surface area contributed by atoms with Gasteiger partial charge >= 0.3 is 13.3 Å². The molecule has 2 heterocycles. The predicted molar refractivity (Wildman–Crippen MR) is 114 cm³/mol. The van der Waals surface area contributed by atoms with E-state index in [1.165, 1.54) is 30.1 Å². The molecule has 0 saturated carbocycles. The van der Waals surface area contributed by atoms with E-state index in [0.717, 1.165) is 16.7 Å². The summed E-state index contributed by atoms with van der Waals surface area (Å²) in [6, 6.07) is 8.88. The number of hydrogen-bond donors (Lipinski definition) is 3. The highest BCUT2D eigenvalue weighted by Gasteiger charge is 2.44. The molecule has 0 unspecified atom stereocenters. The number of aliphatic hydroxyl groups is 1. The second-order valence-electron chi connectivity index (χ2n) is 6.68. The minimum Gasteiger partial charge on any atom is -0.389 e. The second kappa shape index (κ2) is 9.47. The van der Waals surface area contributed by atoms with Gasteiger partial charge in [0.25, 0.3) is 11.5 Å². The topological polar surface area (TPSA) is 148 Å². The van der Waals surface area contributed by atoms with Gasteiger partial charge in [-0.15, -0.1) is 0 Å². The summed E-state index contributed by atoms with van der Waals surface area (Å²) in [4.78, 5) is 56.2. The number of aliphatic hydroxyl groups excluding tert-OH is 1. The van der Waals surface area contributed by atoms with E-state index in [1.54, 1.807) is 18.2 Å². The smallest absolute Gasteiger partial charge is 0.348 e. The number of hydrogen-bond acceptors (Lipinski definition) is 7. The van der Waals surface area contributed by atoms with E-state index in [4.69, 9.17) is 14.5 Å². The van der Waals surface area contributed by atoms with Crippen molar-refractivity contribution >= 4 is 25.3 Å². The maximum absolute atomic E-state index is 13.1. The molecule has 0 spiro atoms. The van der Waals surface area contributed by atoms with Gasteiger partial charge in [0.15, 0.2) is 6.23 Å². The Balaban J connectivity index is 2.04. The molecule has 0 aliphatic carbocycles. The molecule has 1 aliphatic rings. The van der Waals surface area contributed by atoms with Crippen LogP contribution in [0, 0.1) is 0 Å². The molecular weight excluding hydrogens is 447 g/mol. The van der Waals surface area contributed by atoms with Gasteiger partial charge in [-0.1, -0.05) is 25.1 Å². The van der Waals surface area contributed by atoms with Gasteiger partial charge in [-0.05, 0) is 24.0 Å². The van der Waals surface area contributed by atoms with Crippen molar-refractivity contribution in [3.63, 3.8) is 0 Å². The first-order chi connectivity index (χ1) is 14.6. The molecule has 31 heavy (non-hydrogen) atoms. The van der Waals surface area contributed by atoms with Gasteiger partial charge in [-0.3, -0.25) is 18.7 Å². The molecule has 1 aliphatic heterocycles. The third-order valence-electron chi connectivity index (χ3n) is 4.59. The minimum atomic E-state index is -4.48. The van der Waals surface area contributed by atoms with Gasteiger partial charge in [0.2, 0.25) is 0 Å². The number of benzene rings is 1. The molecular formula is C19H21N2O8PS. The molecule has 2 aromatic rings. The lowest BCUT2D eigenvalue weighted by molar-refractivity contribution is 0.00484.